The van der Waals surface area contributed by atoms with Crippen LogP contribution >= 0.6 is 11.3 Å². The van der Waals surface area contributed by atoms with E-state index in [4.69, 9.17) is 14.2 Å². The zero-order valence-corrected chi connectivity index (χ0v) is 18.3. The van der Waals surface area contributed by atoms with E-state index in [-0.39, 0.29) is 25.5 Å². The maximum Gasteiger partial charge on any atom is 0.309 e. The zero-order chi connectivity index (χ0) is 21.7. The monoisotopic (exact) mass is 453 g/mol. The maximum atomic E-state index is 12.6. The summed E-state index contributed by atoms with van der Waals surface area (Å²) < 4.78 is 42.3. The molecule has 10 heteroatoms. The molecule has 0 bridgehead atoms. The third kappa shape index (κ3) is 4.82. The van der Waals surface area contributed by atoms with E-state index in [0.29, 0.717) is 34.1 Å². The molecule has 30 heavy (non-hydrogen) atoms. The second-order valence-corrected chi connectivity index (χ2v) is 9.82. The lowest BCUT2D eigenvalue weighted by atomic mass is 9.98. The first-order valence-electron chi connectivity index (χ1n) is 9.32. The number of hydrogen-bond acceptors (Lipinski definition) is 8. The quantitative estimate of drug-likeness (QED) is 0.447. The molecule has 0 N–H and O–H groups in total. The molecule has 1 aliphatic heterocycles. The second kappa shape index (κ2) is 9.59. The summed E-state index contributed by atoms with van der Waals surface area (Å²) in [6.07, 6.45) is 0.710. The van der Waals surface area contributed by atoms with Gasteiger partial charge >= 0.3 is 5.97 Å². The van der Waals surface area contributed by atoms with Gasteiger partial charge in [0, 0.05) is 18.7 Å². The lowest BCUT2D eigenvalue weighted by Crippen LogP contribution is -2.40. The lowest BCUT2D eigenvalue weighted by Gasteiger charge is -2.29. The Kier molecular flexibility index (Phi) is 7.11. The average molecular weight is 454 g/mol. The van der Waals surface area contributed by atoms with Crippen LogP contribution in [0.15, 0.2) is 39.9 Å². The first-order valence-corrected chi connectivity index (χ1v) is 11.6. The molecule has 1 aromatic heterocycles. The van der Waals surface area contributed by atoms with Crippen molar-refractivity contribution in [3.63, 3.8) is 0 Å². The maximum absolute atomic E-state index is 12.6. The van der Waals surface area contributed by atoms with Crippen molar-refractivity contribution in [2.45, 2.75) is 17.1 Å². The molecule has 1 fully saturated rings. The number of Topliss-reactive ketones (excluding diaryl/α,β-unsaturated/α-hetero) is 1. The van der Waals surface area contributed by atoms with E-state index in [1.165, 1.54) is 35.9 Å². The van der Waals surface area contributed by atoms with Crippen molar-refractivity contribution in [3.8, 4) is 11.5 Å². The molecule has 1 aliphatic rings. The fourth-order valence-corrected chi connectivity index (χ4v) is 5.83. The van der Waals surface area contributed by atoms with Gasteiger partial charge < -0.3 is 14.2 Å². The first kappa shape index (κ1) is 22.3. The number of ketones is 1. The van der Waals surface area contributed by atoms with Crippen molar-refractivity contribution >= 4 is 33.1 Å². The molecule has 0 aliphatic carbocycles. The first-order chi connectivity index (χ1) is 14.4. The smallest absolute Gasteiger partial charge is 0.309 e. The largest absolute Gasteiger partial charge is 0.493 e. The second-order valence-electron chi connectivity index (χ2n) is 6.71. The summed E-state index contributed by atoms with van der Waals surface area (Å²) in [6, 6.07) is 7.98. The van der Waals surface area contributed by atoms with Gasteiger partial charge in [0.2, 0.25) is 0 Å². The normalized spacial score (nSPS) is 15.5. The molecular weight excluding hydrogens is 430 g/mol. The highest BCUT2D eigenvalue weighted by atomic mass is 32.2. The number of sulfonamides is 1. The van der Waals surface area contributed by atoms with Crippen LogP contribution in [0, 0.1) is 5.92 Å². The molecule has 8 nitrogen and oxygen atoms in total. The molecule has 2 heterocycles. The van der Waals surface area contributed by atoms with Crippen LogP contribution in [0.3, 0.4) is 0 Å². The number of hydrogen-bond donors (Lipinski definition) is 0. The lowest BCUT2D eigenvalue weighted by molar-refractivity contribution is -0.148. The summed E-state index contributed by atoms with van der Waals surface area (Å²) >= 11 is 1.17. The summed E-state index contributed by atoms with van der Waals surface area (Å²) in [5.41, 5.74) is 0.345. The highest BCUT2D eigenvalue weighted by Crippen LogP contribution is 2.28. The number of nitrogens with zero attached hydrogens (tertiary/aromatic N) is 1. The summed E-state index contributed by atoms with van der Waals surface area (Å²) in [7, 11) is -0.551. The summed E-state index contributed by atoms with van der Waals surface area (Å²) in [6.45, 7) is 0.0925. The minimum Gasteiger partial charge on any atom is -0.493 e. The Labute approximate surface area is 179 Å². The minimum absolute atomic E-state index is 0.240. The van der Waals surface area contributed by atoms with E-state index in [2.05, 4.69) is 0 Å². The van der Waals surface area contributed by atoms with Gasteiger partial charge in [-0.1, -0.05) is 6.07 Å². The van der Waals surface area contributed by atoms with Gasteiger partial charge in [-0.25, -0.2) is 8.42 Å². The summed E-state index contributed by atoms with van der Waals surface area (Å²) in [4.78, 5) is 24.7. The average Bonchev–Trinajstić information content (AvgIpc) is 3.32. The molecule has 0 amide bonds. The Morgan fingerprint density at radius 1 is 1.10 bits per heavy atom. The van der Waals surface area contributed by atoms with Crippen molar-refractivity contribution < 1.29 is 32.2 Å². The van der Waals surface area contributed by atoms with Crippen LogP contribution in [0.25, 0.3) is 0 Å². The standard InChI is InChI=1S/C20H23NO7S2/c1-26-17-6-5-15(12-18(17)27-2)16(22)13-28-20(23)14-7-9-21(10-8-14)30(24,25)19-4-3-11-29-19/h3-6,11-12,14H,7-10,13H2,1-2H3. The predicted molar refractivity (Wildman–Crippen MR) is 111 cm³/mol. The SMILES string of the molecule is COc1ccc(C(=O)COC(=O)C2CCN(S(=O)(=O)c3cccs3)CC2)cc1OC. The summed E-state index contributed by atoms with van der Waals surface area (Å²) in [5, 5.41) is 1.71. The van der Waals surface area contributed by atoms with Crippen molar-refractivity contribution in [1.29, 1.82) is 0 Å². The van der Waals surface area contributed by atoms with E-state index in [1.54, 1.807) is 29.6 Å². The van der Waals surface area contributed by atoms with Crippen LogP contribution in [0.4, 0.5) is 0 Å². The fourth-order valence-electron chi connectivity index (χ4n) is 3.22. The Morgan fingerprint density at radius 3 is 2.40 bits per heavy atom. The number of ether oxygens (including phenoxy) is 3. The van der Waals surface area contributed by atoms with Crippen molar-refractivity contribution in [1.82, 2.24) is 4.31 Å². The van der Waals surface area contributed by atoms with Gasteiger partial charge in [-0.2, -0.15) is 4.31 Å². The number of esters is 1. The van der Waals surface area contributed by atoms with Gasteiger partial charge in [-0.3, -0.25) is 9.59 Å². The Balaban J connectivity index is 1.52. The number of carbonyl (C=O) groups is 2. The highest BCUT2D eigenvalue weighted by molar-refractivity contribution is 7.91. The van der Waals surface area contributed by atoms with E-state index < -0.39 is 21.9 Å². The number of carbonyl (C=O) groups excluding carboxylic acids is 2. The van der Waals surface area contributed by atoms with Crippen LogP contribution in [0.1, 0.15) is 23.2 Å². The van der Waals surface area contributed by atoms with Crippen LogP contribution in [-0.2, 0) is 19.6 Å². The predicted octanol–water partition coefficient (Wildman–Crippen LogP) is 2.59. The zero-order valence-electron chi connectivity index (χ0n) is 16.7. The third-order valence-corrected chi connectivity index (χ3v) is 8.20. The highest BCUT2D eigenvalue weighted by Gasteiger charge is 2.33. The van der Waals surface area contributed by atoms with Crippen LogP contribution in [0.5, 0.6) is 11.5 Å². The van der Waals surface area contributed by atoms with Crippen molar-refractivity contribution in [3.05, 3.63) is 41.3 Å². The van der Waals surface area contributed by atoms with Gasteiger partial charge in [-0.15, -0.1) is 11.3 Å². The van der Waals surface area contributed by atoms with Gasteiger partial charge in [-0.05, 0) is 42.5 Å². The van der Waals surface area contributed by atoms with Crippen molar-refractivity contribution in [2.75, 3.05) is 33.9 Å². The Hall–Kier alpha value is -2.43. The van der Waals surface area contributed by atoms with Gasteiger partial charge in [0.25, 0.3) is 10.0 Å². The van der Waals surface area contributed by atoms with Gasteiger partial charge in [0.1, 0.15) is 4.21 Å². The molecule has 162 valence electrons. The van der Waals surface area contributed by atoms with Gasteiger partial charge in [0.05, 0.1) is 20.1 Å². The minimum atomic E-state index is -3.52. The Bertz CT molecular complexity index is 994. The van der Waals surface area contributed by atoms with Crippen LogP contribution in [0.2, 0.25) is 0 Å². The number of thiophene rings is 1. The Morgan fingerprint density at radius 2 is 1.80 bits per heavy atom. The van der Waals surface area contributed by atoms with Crippen LogP contribution in [-0.4, -0.2) is 58.4 Å². The molecule has 3 rings (SSSR count). The van der Waals surface area contributed by atoms with E-state index >= 15 is 0 Å². The molecule has 0 unspecified atom stereocenters. The molecule has 0 saturated carbocycles. The molecule has 1 saturated heterocycles. The number of benzene rings is 1. The number of rotatable bonds is 8. The molecule has 0 atom stereocenters. The molecule has 2 aromatic rings. The topological polar surface area (TPSA) is 99.2 Å². The van der Waals surface area contributed by atoms with E-state index in [0.717, 1.165) is 0 Å². The van der Waals surface area contributed by atoms with Crippen LogP contribution < -0.4 is 9.47 Å². The molecule has 1 aromatic carbocycles. The summed E-state index contributed by atoms with van der Waals surface area (Å²) in [5.74, 6) is -0.374. The van der Waals surface area contributed by atoms with E-state index in [1.807, 2.05) is 0 Å². The fraction of sp³-hybridized carbons (Fsp3) is 0.400. The number of methoxy groups -OCH3 is 2. The van der Waals surface area contributed by atoms with Gasteiger partial charge in [0.15, 0.2) is 23.9 Å². The molecular formula is C20H23NO7S2. The number of piperidine rings is 1. The molecule has 0 spiro atoms. The van der Waals surface area contributed by atoms with E-state index in [9.17, 15) is 18.0 Å². The molecule has 0 radical (unpaired) electrons. The third-order valence-electron chi connectivity index (χ3n) is 4.93. The van der Waals surface area contributed by atoms with Crippen molar-refractivity contribution in [2.24, 2.45) is 5.92 Å².